The number of benzene rings is 1. The highest BCUT2D eigenvalue weighted by molar-refractivity contribution is 6.04. The minimum absolute atomic E-state index is 0.387. The van der Waals surface area contributed by atoms with E-state index in [0.29, 0.717) is 25.8 Å². The van der Waals surface area contributed by atoms with Gasteiger partial charge in [0.2, 0.25) is 5.91 Å². The van der Waals surface area contributed by atoms with E-state index in [9.17, 15) is 9.59 Å². The molecule has 6 heteroatoms. The normalized spacial score (nSPS) is 15.3. The summed E-state index contributed by atoms with van der Waals surface area (Å²) < 4.78 is 1.77. The lowest BCUT2D eigenvalue weighted by molar-refractivity contribution is -0.149. The van der Waals surface area contributed by atoms with Gasteiger partial charge < -0.3 is 10.4 Å². The highest BCUT2D eigenvalue weighted by Gasteiger charge is 2.56. The molecule has 0 aliphatic heterocycles. The minimum atomic E-state index is -1.18. The van der Waals surface area contributed by atoms with Gasteiger partial charge in [0.05, 0.1) is 11.4 Å². The van der Waals surface area contributed by atoms with Gasteiger partial charge in [0.25, 0.3) is 0 Å². The van der Waals surface area contributed by atoms with Gasteiger partial charge in [-0.25, -0.2) is 4.68 Å². The van der Waals surface area contributed by atoms with Gasteiger partial charge in [-0.15, -0.1) is 0 Å². The van der Waals surface area contributed by atoms with Gasteiger partial charge in [0, 0.05) is 19.2 Å². The molecule has 0 saturated heterocycles. The first kappa shape index (κ1) is 14.3. The summed E-state index contributed by atoms with van der Waals surface area (Å²) in [5, 5.41) is 16.2. The summed E-state index contributed by atoms with van der Waals surface area (Å²) in [5.74, 6) is -1.42. The summed E-state index contributed by atoms with van der Waals surface area (Å²) in [6.45, 7) is 0.389. The van der Waals surface area contributed by atoms with Crippen LogP contribution in [-0.4, -0.2) is 33.3 Å². The second-order valence-electron chi connectivity index (χ2n) is 5.48. The maximum Gasteiger partial charge on any atom is 0.319 e. The van der Waals surface area contributed by atoms with E-state index >= 15 is 0 Å². The molecule has 1 aliphatic carbocycles. The van der Waals surface area contributed by atoms with Gasteiger partial charge in [-0.1, -0.05) is 18.2 Å². The van der Waals surface area contributed by atoms with Gasteiger partial charge in [-0.05, 0) is 31.0 Å². The quantitative estimate of drug-likeness (QED) is 0.790. The van der Waals surface area contributed by atoms with Crippen LogP contribution in [0.15, 0.2) is 42.6 Å². The Morgan fingerprint density at radius 2 is 1.95 bits per heavy atom. The smallest absolute Gasteiger partial charge is 0.319 e. The number of carboxylic acids is 1. The first-order valence-corrected chi connectivity index (χ1v) is 7.23. The number of hydrogen-bond acceptors (Lipinski definition) is 3. The van der Waals surface area contributed by atoms with E-state index < -0.39 is 11.4 Å². The zero-order valence-electron chi connectivity index (χ0n) is 12.0. The third kappa shape index (κ3) is 2.72. The summed E-state index contributed by atoms with van der Waals surface area (Å²) in [6.07, 6.45) is 3.29. The molecule has 114 valence electrons. The van der Waals surface area contributed by atoms with Crippen LogP contribution in [-0.2, 0) is 16.0 Å². The van der Waals surface area contributed by atoms with Crippen molar-refractivity contribution < 1.29 is 14.7 Å². The number of amides is 1. The minimum Gasteiger partial charge on any atom is -0.480 e. The van der Waals surface area contributed by atoms with Crippen LogP contribution >= 0.6 is 0 Å². The van der Waals surface area contributed by atoms with E-state index in [-0.39, 0.29) is 5.91 Å². The van der Waals surface area contributed by atoms with Crippen LogP contribution in [0.2, 0.25) is 0 Å². The fraction of sp³-hybridized carbons (Fsp3) is 0.312. The monoisotopic (exact) mass is 299 g/mol. The van der Waals surface area contributed by atoms with Gasteiger partial charge >= 0.3 is 5.97 Å². The zero-order chi connectivity index (χ0) is 15.6. The molecule has 0 bridgehead atoms. The third-order valence-corrected chi connectivity index (χ3v) is 3.93. The number of nitrogens with one attached hydrogen (secondary N) is 1. The Hall–Kier alpha value is -2.63. The number of hydrogen-bond donors (Lipinski definition) is 2. The number of para-hydroxylation sites is 1. The summed E-state index contributed by atoms with van der Waals surface area (Å²) >= 11 is 0. The van der Waals surface area contributed by atoms with Crippen molar-refractivity contribution in [3.8, 4) is 5.69 Å². The van der Waals surface area contributed by atoms with Crippen LogP contribution in [0.5, 0.6) is 0 Å². The molecule has 1 aromatic heterocycles. The molecule has 0 unspecified atom stereocenters. The molecular weight excluding hydrogens is 282 g/mol. The van der Waals surface area contributed by atoms with Crippen molar-refractivity contribution in [2.45, 2.75) is 19.3 Å². The number of nitrogens with zero attached hydrogens (tertiary/aromatic N) is 2. The number of carbonyl (C=O) groups excluding carboxylic acids is 1. The molecular formula is C16H17N3O3. The van der Waals surface area contributed by atoms with Crippen LogP contribution in [0.3, 0.4) is 0 Å². The van der Waals surface area contributed by atoms with Crippen LogP contribution < -0.4 is 5.32 Å². The van der Waals surface area contributed by atoms with Crippen molar-refractivity contribution in [3.05, 3.63) is 48.3 Å². The Morgan fingerprint density at radius 1 is 1.23 bits per heavy atom. The molecule has 1 aliphatic rings. The Morgan fingerprint density at radius 3 is 2.59 bits per heavy atom. The number of aromatic nitrogens is 2. The molecule has 0 radical (unpaired) electrons. The Bertz CT molecular complexity index is 690. The first-order valence-electron chi connectivity index (χ1n) is 7.23. The Kier molecular flexibility index (Phi) is 3.66. The van der Waals surface area contributed by atoms with E-state index in [1.54, 1.807) is 4.68 Å². The SMILES string of the molecule is O=C(O)C1(C(=O)NCCc2ccn(-c3ccccc3)n2)CC1. The summed E-state index contributed by atoms with van der Waals surface area (Å²) in [6, 6.07) is 11.6. The van der Waals surface area contributed by atoms with Gasteiger partial charge in [0.15, 0.2) is 0 Å². The second kappa shape index (κ2) is 5.63. The predicted octanol–water partition coefficient (Wildman–Crippen LogP) is 1.40. The van der Waals surface area contributed by atoms with E-state index in [0.717, 1.165) is 11.4 Å². The molecule has 6 nitrogen and oxygen atoms in total. The number of aliphatic carboxylic acids is 1. The predicted molar refractivity (Wildman–Crippen MR) is 79.6 cm³/mol. The van der Waals surface area contributed by atoms with Crippen molar-refractivity contribution in [1.82, 2.24) is 15.1 Å². The highest BCUT2D eigenvalue weighted by atomic mass is 16.4. The second-order valence-corrected chi connectivity index (χ2v) is 5.48. The summed E-state index contributed by atoms with van der Waals surface area (Å²) in [5.41, 5.74) is 0.647. The fourth-order valence-corrected chi connectivity index (χ4v) is 2.36. The van der Waals surface area contributed by atoms with Crippen LogP contribution in [0, 0.1) is 5.41 Å². The lowest BCUT2D eigenvalue weighted by atomic mass is 10.1. The summed E-state index contributed by atoms with van der Waals surface area (Å²) in [4.78, 5) is 22.9. The molecule has 1 heterocycles. The molecule has 0 spiro atoms. The topological polar surface area (TPSA) is 84.2 Å². The lowest BCUT2D eigenvalue weighted by Gasteiger charge is -2.09. The van der Waals surface area contributed by atoms with E-state index in [1.165, 1.54) is 0 Å². The molecule has 1 saturated carbocycles. The summed E-state index contributed by atoms with van der Waals surface area (Å²) in [7, 11) is 0. The standard InChI is InChI=1S/C16H17N3O3/c20-14(16(8-9-16)15(21)22)17-10-6-12-7-11-19(18-12)13-4-2-1-3-5-13/h1-5,7,11H,6,8-10H2,(H,17,20)(H,21,22). The average Bonchev–Trinajstić information content (AvgIpc) is 3.22. The van der Waals surface area contributed by atoms with Crippen molar-refractivity contribution in [2.24, 2.45) is 5.41 Å². The van der Waals surface area contributed by atoms with Crippen molar-refractivity contribution in [3.63, 3.8) is 0 Å². The number of carbonyl (C=O) groups is 2. The zero-order valence-corrected chi connectivity index (χ0v) is 12.0. The van der Waals surface area contributed by atoms with Crippen molar-refractivity contribution in [1.29, 1.82) is 0 Å². The van der Waals surface area contributed by atoms with Crippen molar-refractivity contribution in [2.75, 3.05) is 6.54 Å². The maximum absolute atomic E-state index is 11.9. The first-order chi connectivity index (χ1) is 10.6. The molecule has 0 atom stereocenters. The largest absolute Gasteiger partial charge is 0.480 e. The highest BCUT2D eigenvalue weighted by Crippen LogP contribution is 2.45. The van der Waals surface area contributed by atoms with Crippen molar-refractivity contribution >= 4 is 11.9 Å². The van der Waals surface area contributed by atoms with E-state index in [1.807, 2.05) is 42.6 Å². The Balaban J connectivity index is 1.54. The average molecular weight is 299 g/mol. The van der Waals surface area contributed by atoms with Crippen LogP contribution in [0.1, 0.15) is 18.5 Å². The maximum atomic E-state index is 11.9. The van der Waals surface area contributed by atoms with Gasteiger partial charge in [0.1, 0.15) is 5.41 Å². The fourth-order valence-electron chi connectivity index (χ4n) is 2.36. The van der Waals surface area contributed by atoms with E-state index in [2.05, 4.69) is 10.4 Å². The number of carboxylic acid groups (broad SMARTS) is 1. The Labute approximate surface area is 127 Å². The number of rotatable bonds is 6. The van der Waals surface area contributed by atoms with Gasteiger partial charge in [-0.3, -0.25) is 9.59 Å². The molecule has 22 heavy (non-hydrogen) atoms. The van der Waals surface area contributed by atoms with E-state index in [4.69, 9.17) is 5.11 Å². The van der Waals surface area contributed by atoms with Gasteiger partial charge in [-0.2, -0.15) is 5.10 Å². The van der Waals surface area contributed by atoms with Crippen LogP contribution in [0.25, 0.3) is 5.69 Å². The molecule has 2 aromatic rings. The molecule has 2 N–H and O–H groups in total. The molecule has 3 rings (SSSR count). The van der Waals surface area contributed by atoms with Crippen LogP contribution in [0.4, 0.5) is 0 Å². The molecule has 1 amide bonds. The third-order valence-electron chi connectivity index (χ3n) is 3.93. The lowest BCUT2D eigenvalue weighted by Crippen LogP contribution is -2.38. The molecule has 1 aromatic carbocycles. The molecule has 1 fully saturated rings.